The lowest BCUT2D eigenvalue weighted by atomic mass is 10.1. The summed E-state index contributed by atoms with van der Waals surface area (Å²) < 4.78 is 10.1. The maximum absolute atomic E-state index is 12.5. The Morgan fingerprint density at radius 3 is 2.81 bits per heavy atom. The standard InChI is InChI=1S/C17H21N3O5S/c1-3-25-14(21)10-12-16(23)18-8-9-20(12)17(26)19-15(22)11-6-4-5-7-13(11)24-2/h4-7,12H,3,8-10H2,1-2H3,(H,18,23)(H,19,22,26)/t12-/m1/s1. The normalized spacial score (nSPS) is 16.5. The van der Waals surface area contributed by atoms with Crippen molar-refractivity contribution in [2.45, 2.75) is 19.4 Å². The zero-order chi connectivity index (χ0) is 19.1. The van der Waals surface area contributed by atoms with E-state index in [9.17, 15) is 14.4 Å². The highest BCUT2D eigenvalue weighted by atomic mass is 32.1. The number of piperazine rings is 1. The summed E-state index contributed by atoms with van der Waals surface area (Å²) in [7, 11) is 1.47. The van der Waals surface area contributed by atoms with Crippen molar-refractivity contribution in [2.75, 3.05) is 26.8 Å². The fourth-order valence-electron chi connectivity index (χ4n) is 2.61. The van der Waals surface area contributed by atoms with Crippen LogP contribution in [0, 0.1) is 0 Å². The Morgan fingerprint density at radius 1 is 1.38 bits per heavy atom. The van der Waals surface area contributed by atoms with Crippen LogP contribution >= 0.6 is 12.2 Å². The van der Waals surface area contributed by atoms with Crippen LogP contribution in [0.4, 0.5) is 0 Å². The number of nitrogens with zero attached hydrogens (tertiary/aromatic N) is 1. The lowest BCUT2D eigenvalue weighted by Crippen LogP contribution is -2.60. The van der Waals surface area contributed by atoms with Gasteiger partial charge in [-0.3, -0.25) is 19.7 Å². The molecule has 2 amide bonds. The van der Waals surface area contributed by atoms with Gasteiger partial charge in [-0.05, 0) is 31.3 Å². The fourth-order valence-corrected chi connectivity index (χ4v) is 2.92. The molecule has 1 aliphatic heterocycles. The molecule has 2 rings (SSSR count). The first-order valence-electron chi connectivity index (χ1n) is 8.16. The molecule has 1 fully saturated rings. The van der Waals surface area contributed by atoms with Gasteiger partial charge in [-0.1, -0.05) is 12.1 Å². The number of benzene rings is 1. The van der Waals surface area contributed by atoms with Crippen molar-refractivity contribution in [1.29, 1.82) is 0 Å². The van der Waals surface area contributed by atoms with E-state index < -0.39 is 17.9 Å². The summed E-state index contributed by atoms with van der Waals surface area (Å²) >= 11 is 5.30. The molecule has 1 saturated heterocycles. The van der Waals surface area contributed by atoms with Gasteiger partial charge in [0.05, 0.1) is 25.7 Å². The van der Waals surface area contributed by atoms with Gasteiger partial charge in [-0.2, -0.15) is 0 Å². The second-order valence-electron chi connectivity index (χ2n) is 5.47. The van der Waals surface area contributed by atoms with Gasteiger partial charge in [0.2, 0.25) is 5.91 Å². The number of para-hydroxylation sites is 1. The lowest BCUT2D eigenvalue weighted by Gasteiger charge is -2.36. The molecule has 2 N–H and O–H groups in total. The molecule has 0 saturated carbocycles. The minimum atomic E-state index is -0.826. The van der Waals surface area contributed by atoms with Crippen molar-refractivity contribution in [1.82, 2.24) is 15.5 Å². The monoisotopic (exact) mass is 379 g/mol. The maximum Gasteiger partial charge on any atom is 0.308 e. The first kappa shape index (κ1) is 19.6. The topological polar surface area (TPSA) is 97.0 Å². The second-order valence-corrected chi connectivity index (χ2v) is 5.86. The highest BCUT2D eigenvalue weighted by Gasteiger charge is 2.34. The molecule has 1 aromatic rings. The van der Waals surface area contributed by atoms with Gasteiger partial charge in [0, 0.05) is 13.1 Å². The molecule has 0 radical (unpaired) electrons. The number of carbonyl (C=O) groups excluding carboxylic acids is 3. The van der Waals surface area contributed by atoms with Crippen LogP contribution in [-0.2, 0) is 14.3 Å². The third-order valence-electron chi connectivity index (χ3n) is 3.83. The van der Waals surface area contributed by atoms with Crippen LogP contribution in [0.1, 0.15) is 23.7 Å². The molecular weight excluding hydrogens is 358 g/mol. The van der Waals surface area contributed by atoms with Gasteiger partial charge in [-0.25, -0.2) is 0 Å². The van der Waals surface area contributed by atoms with Crippen LogP contribution in [-0.4, -0.2) is 60.6 Å². The number of thiocarbonyl (C=S) groups is 1. The average Bonchev–Trinajstić information content (AvgIpc) is 2.63. The van der Waals surface area contributed by atoms with E-state index in [1.165, 1.54) is 12.0 Å². The third-order valence-corrected chi connectivity index (χ3v) is 4.17. The Balaban J connectivity index is 2.11. The van der Waals surface area contributed by atoms with Crippen LogP contribution in [0.3, 0.4) is 0 Å². The summed E-state index contributed by atoms with van der Waals surface area (Å²) in [5, 5.41) is 5.36. The van der Waals surface area contributed by atoms with E-state index in [-0.39, 0.29) is 24.0 Å². The van der Waals surface area contributed by atoms with Gasteiger partial charge < -0.3 is 19.7 Å². The van der Waals surface area contributed by atoms with E-state index >= 15 is 0 Å². The Hall–Kier alpha value is -2.68. The molecule has 1 aliphatic rings. The van der Waals surface area contributed by atoms with Crippen molar-refractivity contribution in [3.8, 4) is 5.75 Å². The second kappa shape index (κ2) is 9.14. The summed E-state index contributed by atoms with van der Waals surface area (Å²) in [4.78, 5) is 37.9. The summed E-state index contributed by atoms with van der Waals surface area (Å²) in [5.74, 6) is -0.878. The lowest BCUT2D eigenvalue weighted by molar-refractivity contribution is -0.147. The molecule has 0 bridgehead atoms. The zero-order valence-corrected chi connectivity index (χ0v) is 15.4. The van der Waals surface area contributed by atoms with E-state index in [1.807, 2.05) is 0 Å². The predicted octanol–water partition coefficient (Wildman–Crippen LogP) is 0.464. The minimum Gasteiger partial charge on any atom is -0.496 e. The first-order chi connectivity index (χ1) is 12.5. The van der Waals surface area contributed by atoms with Gasteiger partial charge >= 0.3 is 5.97 Å². The van der Waals surface area contributed by atoms with E-state index in [4.69, 9.17) is 21.7 Å². The predicted molar refractivity (Wildman–Crippen MR) is 97.8 cm³/mol. The van der Waals surface area contributed by atoms with E-state index in [1.54, 1.807) is 31.2 Å². The van der Waals surface area contributed by atoms with Crippen LogP contribution < -0.4 is 15.4 Å². The Kier molecular flexibility index (Phi) is 6.90. The molecule has 140 valence electrons. The molecule has 0 aliphatic carbocycles. The SMILES string of the molecule is CCOC(=O)C[C@@H]1C(=O)NCCN1C(=S)NC(=O)c1ccccc1OC. The molecule has 0 unspecified atom stereocenters. The molecule has 0 spiro atoms. The summed E-state index contributed by atoms with van der Waals surface area (Å²) in [6.07, 6.45) is -0.148. The molecule has 1 atom stereocenters. The number of rotatable bonds is 5. The number of carbonyl (C=O) groups is 3. The Labute approximate surface area is 156 Å². The molecule has 0 aromatic heterocycles. The highest BCUT2D eigenvalue weighted by molar-refractivity contribution is 7.80. The van der Waals surface area contributed by atoms with Gasteiger partial charge in [0.15, 0.2) is 5.11 Å². The summed E-state index contributed by atoms with van der Waals surface area (Å²) in [6, 6.07) is 5.90. The Morgan fingerprint density at radius 2 is 2.12 bits per heavy atom. The van der Waals surface area contributed by atoms with Crippen molar-refractivity contribution < 1.29 is 23.9 Å². The average molecular weight is 379 g/mol. The zero-order valence-electron chi connectivity index (χ0n) is 14.6. The van der Waals surface area contributed by atoms with Crippen LogP contribution in [0.25, 0.3) is 0 Å². The van der Waals surface area contributed by atoms with Crippen molar-refractivity contribution in [2.24, 2.45) is 0 Å². The number of ether oxygens (including phenoxy) is 2. The third kappa shape index (κ3) is 4.69. The fraction of sp³-hybridized carbons (Fsp3) is 0.412. The summed E-state index contributed by atoms with van der Waals surface area (Å²) in [5.41, 5.74) is 0.320. The van der Waals surface area contributed by atoms with Crippen LogP contribution in [0.15, 0.2) is 24.3 Å². The number of hydrogen-bond acceptors (Lipinski definition) is 6. The number of esters is 1. The first-order valence-corrected chi connectivity index (χ1v) is 8.57. The van der Waals surface area contributed by atoms with Crippen molar-refractivity contribution in [3.05, 3.63) is 29.8 Å². The van der Waals surface area contributed by atoms with Crippen molar-refractivity contribution in [3.63, 3.8) is 0 Å². The van der Waals surface area contributed by atoms with E-state index in [0.29, 0.717) is 24.4 Å². The number of methoxy groups -OCH3 is 1. The number of nitrogens with one attached hydrogen (secondary N) is 2. The van der Waals surface area contributed by atoms with Gasteiger partial charge in [-0.15, -0.1) is 0 Å². The molecule has 26 heavy (non-hydrogen) atoms. The van der Waals surface area contributed by atoms with Crippen molar-refractivity contribution >= 4 is 35.1 Å². The van der Waals surface area contributed by atoms with E-state index in [2.05, 4.69) is 10.6 Å². The molecule has 1 aromatic carbocycles. The molecule has 9 heteroatoms. The smallest absolute Gasteiger partial charge is 0.308 e. The molecular formula is C17H21N3O5S. The number of hydrogen-bond donors (Lipinski definition) is 2. The highest BCUT2D eigenvalue weighted by Crippen LogP contribution is 2.17. The Bertz CT molecular complexity index is 709. The minimum absolute atomic E-state index is 0.0741. The van der Waals surface area contributed by atoms with E-state index in [0.717, 1.165) is 0 Å². The van der Waals surface area contributed by atoms with Crippen LogP contribution in [0.2, 0.25) is 0 Å². The molecule has 8 nitrogen and oxygen atoms in total. The summed E-state index contributed by atoms with van der Waals surface area (Å²) in [6.45, 7) is 2.65. The largest absolute Gasteiger partial charge is 0.496 e. The quantitative estimate of drug-likeness (QED) is 0.567. The van der Waals surface area contributed by atoms with Gasteiger partial charge in [0.25, 0.3) is 5.91 Å². The molecule has 1 heterocycles. The van der Waals surface area contributed by atoms with Crippen LogP contribution in [0.5, 0.6) is 5.75 Å². The number of amides is 2. The maximum atomic E-state index is 12.5. The van der Waals surface area contributed by atoms with Gasteiger partial charge in [0.1, 0.15) is 11.8 Å².